The number of halogens is 5. The van der Waals surface area contributed by atoms with Crippen LogP contribution in [0.4, 0.5) is 27.6 Å². The lowest BCUT2D eigenvalue weighted by molar-refractivity contribution is 0.381. The fourth-order valence-electron chi connectivity index (χ4n) is 2.03. The molecule has 0 aliphatic rings. The molecule has 0 atom stereocenters. The van der Waals surface area contributed by atoms with Crippen molar-refractivity contribution in [2.45, 2.75) is 9.79 Å². The lowest BCUT2D eigenvalue weighted by Crippen LogP contribution is -2.01. The minimum absolute atomic E-state index is 0.107. The van der Waals surface area contributed by atoms with E-state index >= 15 is 0 Å². The second-order valence-electron chi connectivity index (χ2n) is 5.13. The van der Waals surface area contributed by atoms with Crippen LogP contribution in [0.25, 0.3) is 0 Å². The first-order valence-electron chi connectivity index (χ1n) is 7.53. The Bertz CT molecular complexity index is 906. The molecule has 8 heteroatoms. The minimum Gasteiger partial charge on any atom is -0.228 e. The number of aliphatic imine (C=N–C) groups is 1. The molecule has 0 amide bonds. The second-order valence-corrected chi connectivity index (χ2v) is 7.51. The maximum absolute atomic E-state index is 14.0. The molecule has 0 heterocycles. The number of thioether (sulfide) groups is 2. The lowest BCUT2D eigenvalue weighted by Gasteiger charge is -2.09. The van der Waals surface area contributed by atoms with Gasteiger partial charge >= 0.3 is 0 Å². The number of benzene rings is 3. The standard InChI is InChI=1S/C19H10F5NS2/c20-13-14(21)16(23)18(17(24)15(13)22)25-19(26-11-7-3-1-4-8-11)27-12-9-5-2-6-10-12/h1-10H. The van der Waals surface area contributed by atoms with Gasteiger partial charge in [-0.25, -0.2) is 26.9 Å². The molecule has 138 valence electrons. The molecule has 0 saturated heterocycles. The van der Waals surface area contributed by atoms with E-state index in [1.807, 2.05) is 0 Å². The van der Waals surface area contributed by atoms with Crippen molar-refractivity contribution in [2.75, 3.05) is 0 Å². The molecule has 0 radical (unpaired) electrons. The van der Waals surface area contributed by atoms with E-state index in [0.29, 0.717) is 9.79 Å². The Kier molecular flexibility index (Phi) is 6.18. The van der Waals surface area contributed by atoms with Gasteiger partial charge in [-0.15, -0.1) is 0 Å². The smallest absolute Gasteiger partial charge is 0.200 e. The predicted octanol–water partition coefficient (Wildman–Crippen LogP) is 6.95. The minimum atomic E-state index is -2.21. The van der Waals surface area contributed by atoms with E-state index in [4.69, 9.17) is 0 Å². The molecule has 27 heavy (non-hydrogen) atoms. The lowest BCUT2D eigenvalue weighted by atomic mass is 10.2. The highest BCUT2D eigenvalue weighted by Crippen LogP contribution is 2.36. The normalized spacial score (nSPS) is 10.7. The van der Waals surface area contributed by atoms with Crippen molar-refractivity contribution in [3.05, 3.63) is 89.7 Å². The zero-order valence-electron chi connectivity index (χ0n) is 13.4. The summed E-state index contributed by atoms with van der Waals surface area (Å²) in [4.78, 5) is 5.15. The average molecular weight is 411 g/mol. The SMILES string of the molecule is Fc1c(F)c(F)c(N=C(Sc2ccccc2)Sc2ccccc2)c(F)c1F. The van der Waals surface area contributed by atoms with Gasteiger partial charge in [0.2, 0.25) is 5.82 Å². The van der Waals surface area contributed by atoms with Crippen LogP contribution in [0, 0.1) is 29.1 Å². The monoisotopic (exact) mass is 411 g/mol. The Balaban J connectivity index is 2.07. The largest absolute Gasteiger partial charge is 0.228 e. The Morgan fingerprint density at radius 2 is 0.926 bits per heavy atom. The molecule has 0 aromatic heterocycles. The number of hydrogen-bond acceptors (Lipinski definition) is 3. The van der Waals surface area contributed by atoms with Crippen LogP contribution in [0.15, 0.2) is 75.4 Å². The summed E-state index contributed by atoms with van der Waals surface area (Å²) < 4.78 is 68.3. The molecule has 3 aromatic carbocycles. The second kappa shape index (κ2) is 8.58. The highest BCUT2D eigenvalue weighted by Gasteiger charge is 2.26. The topological polar surface area (TPSA) is 12.4 Å². The molecule has 0 fully saturated rings. The summed E-state index contributed by atoms with van der Waals surface area (Å²) in [5.74, 6) is -10.2. The summed E-state index contributed by atoms with van der Waals surface area (Å²) >= 11 is 2.11. The van der Waals surface area contributed by atoms with E-state index in [1.165, 1.54) is 0 Å². The summed E-state index contributed by atoms with van der Waals surface area (Å²) in [6.45, 7) is 0. The first-order valence-corrected chi connectivity index (χ1v) is 9.16. The summed E-state index contributed by atoms with van der Waals surface area (Å²) in [6, 6.07) is 17.6. The molecule has 3 rings (SSSR count). The number of nitrogens with zero attached hydrogens (tertiary/aromatic N) is 1. The highest BCUT2D eigenvalue weighted by atomic mass is 32.2. The van der Waals surface area contributed by atoms with Crippen LogP contribution in [0.5, 0.6) is 0 Å². The maximum atomic E-state index is 14.0. The molecule has 0 N–H and O–H groups in total. The molecule has 0 aliphatic carbocycles. The van der Waals surface area contributed by atoms with Crippen LogP contribution in [-0.2, 0) is 0 Å². The highest BCUT2D eigenvalue weighted by molar-refractivity contribution is 8.39. The van der Waals surface area contributed by atoms with Crippen LogP contribution < -0.4 is 0 Å². The van der Waals surface area contributed by atoms with Crippen LogP contribution in [-0.4, -0.2) is 4.38 Å². The fraction of sp³-hybridized carbons (Fsp3) is 0. The molecule has 0 aliphatic heterocycles. The van der Waals surface area contributed by atoms with E-state index in [0.717, 1.165) is 23.5 Å². The van der Waals surface area contributed by atoms with Crippen molar-refractivity contribution in [3.8, 4) is 0 Å². The van der Waals surface area contributed by atoms with Gasteiger partial charge in [-0.2, -0.15) is 0 Å². The van der Waals surface area contributed by atoms with Crippen LogP contribution in [0.2, 0.25) is 0 Å². The predicted molar refractivity (Wildman–Crippen MR) is 97.9 cm³/mol. The molecule has 1 nitrogen and oxygen atoms in total. The summed E-state index contributed by atoms with van der Waals surface area (Å²) in [5, 5.41) is 0. The third-order valence-corrected chi connectivity index (χ3v) is 5.33. The van der Waals surface area contributed by atoms with E-state index < -0.39 is 34.8 Å². The van der Waals surface area contributed by atoms with Crippen LogP contribution in [0.3, 0.4) is 0 Å². The van der Waals surface area contributed by atoms with Crippen molar-refractivity contribution >= 4 is 33.6 Å². The van der Waals surface area contributed by atoms with Gasteiger partial charge in [-0.05, 0) is 24.3 Å². The van der Waals surface area contributed by atoms with Crippen molar-refractivity contribution in [2.24, 2.45) is 4.99 Å². The van der Waals surface area contributed by atoms with Gasteiger partial charge in [-0.1, -0.05) is 59.9 Å². The van der Waals surface area contributed by atoms with E-state index in [1.54, 1.807) is 60.7 Å². The fourth-order valence-corrected chi connectivity index (χ4v) is 4.04. The van der Waals surface area contributed by atoms with Gasteiger partial charge in [0.15, 0.2) is 23.3 Å². The summed E-state index contributed by atoms with van der Waals surface area (Å²) in [5.41, 5.74) is -1.21. The zero-order valence-corrected chi connectivity index (χ0v) is 15.1. The molecule has 0 bridgehead atoms. The summed E-state index contributed by atoms with van der Waals surface area (Å²) in [7, 11) is 0. The third kappa shape index (κ3) is 4.51. The Morgan fingerprint density at radius 1 is 0.556 bits per heavy atom. The molecule has 0 unspecified atom stereocenters. The van der Waals surface area contributed by atoms with E-state index in [2.05, 4.69) is 4.99 Å². The van der Waals surface area contributed by atoms with Gasteiger partial charge in [0, 0.05) is 9.79 Å². The van der Waals surface area contributed by atoms with Crippen molar-refractivity contribution in [3.63, 3.8) is 0 Å². The molecular weight excluding hydrogens is 401 g/mol. The van der Waals surface area contributed by atoms with Gasteiger partial charge in [0.05, 0.1) is 0 Å². The average Bonchev–Trinajstić information content (AvgIpc) is 2.69. The summed E-state index contributed by atoms with van der Waals surface area (Å²) in [6.07, 6.45) is 0. The molecule has 0 saturated carbocycles. The maximum Gasteiger partial charge on any atom is 0.200 e. The van der Waals surface area contributed by atoms with Gasteiger partial charge in [0.25, 0.3) is 0 Å². The zero-order chi connectivity index (χ0) is 19.4. The van der Waals surface area contributed by atoms with Crippen LogP contribution >= 0.6 is 23.5 Å². The Hall–Kier alpha value is -2.32. The molecular formula is C19H10F5NS2. The van der Waals surface area contributed by atoms with Crippen molar-refractivity contribution < 1.29 is 22.0 Å². The van der Waals surface area contributed by atoms with Gasteiger partial charge in [-0.3, -0.25) is 0 Å². The first-order chi connectivity index (χ1) is 13.0. The molecule has 3 aromatic rings. The Labute approximate surface area is 160 Å². The van der Waals surface area contributed by atoms with E-state index in [9.17, 15) is 22.0 Å². The van der Waals surface area contributed by atoms with Gasteiger partial charge < -0.3 is 0 Å². The number of rotatable bonds is 3. The quantitative estimate of drug-likeness (QED) is 0.115. The third-order valence-electron chi connectivity index (χ3n) is 3.29. The number of hydrogen-bond donors (Lipinski definition) is 0. The van der Waals surface area contributed by atoms with Crippen LogP contribution in [0.1, 0.15) is 0 Å². The van der Waals surface area contributed by atoms with E-state index in [-0.39, 0.29) is 4.38 Å². The van der Waals surface area contributed by atoms with Crippen molar-refractivity contribution in [1.82, 2.24) is 0 Å². The Morgan fingerprint density at radius 3 is 1.33 bits per heavy atom. The van der Waals surface area contributed by atoms with Gasteiger partial charge in [0.1, 0.15) is 10.1 Å². The first kappa shape index (κ1) is 19.4. The molecule has 0 spiro atoms. The van der Waals surface area contributed by atoms with Crippen molar-refractivity contribution in [1.29, 1.82) is 0 Å².